The van der Waals surface area contributed by atoms with E-state index < -0.39 is 5.54 Å². The lowest BCUT2D eigenvalue weighted by Gasteiger charge is -2.33. The third-order valence-electron chi connectivity index (χ3n) is 2.86. The first-order valence-electron chi connectivity index (χ1n) is 4.59. The highest BCUT2D eigenvalue weighted by molar-refractivity contribution is 5.64. The summed E-state index contributed by atoms with van der Waals surface area (Å²) in [5.74, 6) is 0.189. The van der Waals surface area contributed by atoms with Crippen molar-refractivity contribution in [1.82, 2.24) is 0 Å². The smallest absolute Gasteiger partial charge is 0.142 e. The summed E-state index contributed by atoms with van der Waals surface area (Å²) in [7, 11) is 0. The molecule has 1 aliphatic carbocycles. The van der Waals surface area contributed by atoms with Gasteiger partial charge in [0.05, 0.1) is 12.1 Å². The van der Waals surface area contributed by atoms with Gasteiger partial charge < -0.3 is 15.6 Å². The molecular formula is C9H17NO2. The largest absolute Gasteiger partial charge is 0.394 e. The van der Waals surface area contributed by atoms with Gasteiger partial charge in [-0.25, -0.2) is 0 Å². The fourth-order valence-corrected chi connectivity index (χ4v) is 1.90. The van der Waals surface area contributed by atoms with E-state index >= 15 is 0 Å². The Labute approximate surface area is 72.9 Å². The van der Waals surface area contributed by atoms with E-state index in [2.05, 4.69) is 0 Å². The lowest BCUT2D eigenvalue weighted by molar-refractivity contribution is -0.116. The van der Waals surface area contributed by atoms with Crippen LogP contribution in [0.1, 0.15) is 32.1 Å². The van der Waals surface area contributed by atoms with Crippen molar-refractivity contribution in [2.75, 3.05) is 6.61 Å². The molecule has 1 aliphatic rings. The van der Waals surface area contributed by atoms with Crippen molar-refractivity contribution in [2.24, 2.45) is 11.7 Å². The summed E-state index contributed by atoms with van der Waals surface area (Å²) in [5.41, 5.74) is 4.78. The van der Waals surface area contributed by atoms with Crippen LogP contribution in [-0.2, 0) is 4.79 Å². The molecule has 1 rings (SSSR count). The van der Waals surface area contributed by atoms with Gasteiger partial charge >= 0.3 is 0 Å². The van der Waals surface area contributed by atoms with E-state index in [4.69, 9.17) is 10.8 Å². The van der Waals surface area contributed by atoms with Crippen molar-refractivity contribution in [1.29, 1.82) is 0 Å². The van der Waals surface area contributed by atoms with Crippen LogP contribution < -0.4 is 5.73 Å². The third kappa shape index (κ3) is 1.84. The number of carbonyl (C=O) groups excluding carboxylic acids is 1. The molecule has 3 N–H and O–H groups in total. The summed E-state index contributed by atoms with van der Waals surface area (Å²) >= 11 is 0. The van der Waals surface area contributed by atoms with Gasteiger partial charge in [0.15, 0.2) is 0 Å². The van der Waals surface area contributed by atoms with Crippen LogP contribution in [0.15, 0.2) is 0 Å². The van der Waals surface area contributed by atoms with Gasteiger partial charge in [0, 0.05) is 0 Å². The molecule has 1 fully saturated rings. The first kappa shape index (κ1) is 9.68. The van der Waals surface area contributed by atoms with Gasteiger partial charge in [-0.1, -0.05) is 19.3 Å². The second-order valence-corrected chi connectivity index (χ2v) is 3.72. The Morgan fingerprint density at radius 1 is 1.42 bits per heavy atom. The van der Waals surface area contributed by atoms with Gasteiger partial charge in [-0.3, -0.25) is 0 Å². The van der Waals surface area contributed by atoms with E-state index in [1.807, 2.05) is 0 Å². The number of aldehydes is 1. The van der Waals surface area contributed by atoms with Crippen LogP contribution in [-0.4, -0.2) is 23.5 Å². The van der Waals surface area contributed by atoms with Gasteiger partial charge in [0.25, 0.3) is 0 Å². The Balaban J connectivity index is 2.57. The predicted octanol–water partition coefficient (Wildman–Crippen LogP) is 0.455. The molecule has 0 spiro atoms. The average molecular weight is 171 g/mol. The predicted molar refractivity (Wildman–Crippen MR) is 46.6 cm³/mol. The molecule has 0 aromatic heterocycles. The van der Waals surface area contributed by atoms with Crippen LogP contribution in [0.3, 0.4) is 0 Å². The number of carbonyl (C=O) groups is 1. The zero-order valence-corrected chi connectivity index (χ0v) is 7.33. The van der Waals surface area contributed by atoms with Crippen molar-refractivity contribution in [3.05, 3.63) is 0 Å². The molecule has 1 atom stereocenters. The molecule has 0 bridgehead atoms. The Hall–Kier alpha value is -0.410. The molecule has 0 aromatic rings. The van der Waals surface area contributed by atoms with Crippen molar-refractivity contribution < 1.29 is 9.90 Å². The van der Waals surface area contributed by atoms with Gasteiger partial charge in [0.1, 0.15) is 6.29 Å². The number of aliphatic hydroxyl groups is 1. The van der Waals surface area contributed by atoms with E-state index in [0.29, 0.717) is 6.29 Å². The maximum absolute atomic E-state index is 10.7. The Morgan fingerprint density at radius 2 is 2.00 bits per heavy atom. The van der Waals surface area contributed by atoms with E-state index in [0.717, 1.165) is 25.7 Å². The van der Waals surface area contributed by atoms with Crippen LogP contribution in [0.5, 0.6) is 0 Å². The molecule has 1 saturated carbocycles. The monoisotopic (exact) mass is 171 g/mol. The number of hydrogen-bond acceptors (Lipinski definition) is 3. The van der Waals surface area contributed by atoms with Crippen molar-refractivity contribution in [2.45, 2.75) is 37.6 Å². The zero-order chi connectivity index (χ0) is 9.03. The van der Waals surface area contributed by atoms with Crippen LogP contribution in [0.25, 0.3) is 0 Å². The molecule has 0 radical (unpaired) electrons. The third-order valence-corrected chi connectivity index (χ3v) is 2.86. The van der Waals surface area contributed by atoms with Crippen molar-refractivity contribution >= 4 is 6.29 Å². The van der Waals surface area contributed by atoms with Crippen LogP contribution in [0.4, 0.5) is 0 Å². The SMILES string of the molecule is N[C@@](C=O)(CO)C1CCCCC1. The number of nitrogens with two attached hydrogens (primary N) is 1. The minimum absolute atomic E-state index is 0.189. The highest BCUT2D eigenvalue weighted by Crippen LogP contribution is 2.29. The second kappa shape index (κ2) is 4.01. The molecule has 0 aliphatic heterocycles. The summed E-state index contributed by atoms with van der Waals surface area (Å²) in [6, 6.07) is 0. The Kier molecular flexibility index (Phi) is 3.23. The molecule has 3 heteroatoms. The van der Waals surface area contributed by atoms with E-state index in [1.54, 1.807) is 0 Å². The molecular weight excluding hydrogens is 154 g/mol. The van der Waals surface area contributed by atoms with Gasteiger partial charge in [0.2, 0.25) is 0 Å². The van der Waals surface area contributed by atoms with Crippen LogP contribution >= 0.6 is 0 Å². The number of aliphatic hydroxyl groups excluding tert-OH is 1. The standard InChI is InChI=1S/C9H17NO2/c10-9(6-11,7-12)8-4-2-1-3-5-8/h6,8,12H,1-5,7,10H2/t9-/m0/s1. The summed E-state index contributed by atoms with van der Waals surface area (Å²) in [5, 5.41) is 8.98. The normalized spacial score (nSPS) is 24.8. The maximum atomic E-state index is 10.7. The average Bonchev–Trinajstić information content (AvgIpc) is 2.18. The topological polar surface area (TPSA) is 63.3 Å². The quantitative estimate of drug-likeness (QED) is 0.606. The molecule has 0 unspecified atom stereocenters. The lowest BCUT2D eigenvalue weighted by Crippen LogP contribution is -2.52. The highest BCUT2D eigenvalue weighted by atomic mass is 16.3. The number of rotatable bonds is 3. The first-order chi connectivity index (χ1) is 5.73. The van der Waals surface area contributed by atoms with Crippen molar-refractivity contribution in [3.8, 4) is 0 Å². The molecule has 12 heavy (non-hydrogen) atoms. The Bertz CT molecular complexity index is 155. The molecule has 0 amide bonds. The van der Waals surface area contributed by atoms with Crippen molar-refractivity contribution in [3.63, 3.8) is 0 Å². The fraction of sp³-hybridized carbons (Fsp3) is 0.889. The summed E-state index contributed by atoms with van der Waals surface area (Å²) in [6.07, 6.45) is 6.18. The molecule has 0 heterocycles. The van der Waals surface area contributed by atoms with Crippen LogP contribution in [0.2, 0.25) is 0 Å². The van der Waals surface area contributed by atoms with E-state index in [1.165, 1.54) is 6.42 Å². The molecule has 0 saturated heterocycles. The van der Waals surface area contributed by atoms with E-state index in [-0.39, 0.29) is 12.5 Å². The number of hydrogen-bond donors (Lipinski definition) is 2. The molecule has 0 aromatic carbocycles. The van der Waals surface area contributed by atoms with Gasteiger partial charge in [-0.15, -0.1) is 0 Å². The van der Waals surface area contributed by atoms with Gasteiger partial charge in [-0.05, 0) is 18.8 Å². The summed E-state index contributed by atoms with van der Waals surface area (Å²) in [6.45, 7) is -0.221. The lowest BCUT2D eigenvalue weighted by atomic mass is 9.76. The van der Waals surface area contributed by atoms with E-state index in [9.17, 15) is 4.79 Å². The maximum Gasteiger partial charge on any atom is 0.142 e. The molecule has 3 nitrogen and oxygen atoms in total. The Morgan fingerprint density at radius 3 is 2.42 bits per heavy atom. The minimum atomic E-state index is -0.972. The van der Waals surface area contributed by atoms with Crippen LogP contribution in [0, 0.1) is 5.92 Å². The second-order valence-electron chi connectivity index (χ2n) is 3.72. The fourth-order valence-electron chi connectivity index (χ4n) is 1.90. The summed E-state index contributed by atoms with van der Waals surface area (Å²) < 4.78 is 0. The highest BCUT2D eigenvalue weighted by Gasteiger charge is 2.34. The summed E-state index contributed by atoms with van der Waals surface area (Å²) in [4.78, 5) is 10.7. The molecule has 70 valence electrons. The zero-order valence-electron chi connectivity index (χ0n) is 7.33. The first-order valence-corrected chi connectivity index (χ1v) is 4.59. The van der Waals surface area contributed by atoms with Gasteiger partial charge in [-0.2, -0.15) is 0 Å². The minimum Gasteiger partial charge on any atom is -0.394 e.